The van der Waals surface area contributed by atoms with E-state index in [0.29, 0.717) is 31.9 Å². The summed E-state index contributed by atoms with van der Waals surface area (Å²) >= 11 is 6.27. The van der Waals surface area contributed by atoms with Crippen molar-refractivity contribution in [3.8, 4) is 17.2 Å². The van der Waals surface area contributed by atoms with Gasteiger partial charge >= 0.3 is 0 Å². The van der Waals surface area contributed by atoms with Gasteiger partial charge in [0.1, 0.15) is 30.4 Å². The van der Waals surface area contributed by atoms with Gasteiger partial charge in [-0.1, -0.05) is 17.7 Å². The highest BCUT2D eigenvalue weighted by atomic mass is 35.5. The molecule has 0 spiro atoms. The summed E-state index contributed by atoms with van der Waals surface area (Å²) in [6.45, 7) is 9.58. The van der Waals surface area contributed by atoms with Crippen LogP contribution in [0.3, 0.4) is 0 Å². The molecule has 1 N–H and O–H groups in total. The highest BCUT2D eigenvalue weighted by Gasteiger charge is 2.34. The minimum absolute atomic E-state index is 0.247. The molecule has 36 heavy (non-hydrogen) atoms. The van der Waals surface area contributed by atoms with Gasteiger partial charge in [-0.15, -0.1) is 0 Å². The van der Waals surface area contributed by atoms with E-state index in [0.717, 1.165) is 58.5 Å². The molecule has 1 atom stereocenters. The SMILES string of the molecule is COc1cc(CN2CCCC(O)(COc3cc(C)c(Cl)c(C)c3)C2)ccc1OCCn1ccnc1C. The lowest BCUT2D eigenvalue weighted by atomic mass is 9.93. The van der Waals surface area contributed by atoms with Crippen LogP contribution in [0.5, 0.6) is 17.2 Å². The van der Waals surface area contributed by atoms with Crippen LogP contribution in [-0.4, -0.2) is 58.6 Å². The first-order valence-electron chi connectivity index (χ1n) is 12.4. The van der Waals surface area contributed by atoms with E-state index in [1.807, 2.05) is 51.2 Å². The lowest BCUT2D eigenvalue weighted by Crippen LogP contribution is -2.51. The monoisotopic (exact) mass is 513 g/mol. The average Bonchev–Trinajstić information content (AvgIpc) is 3.26. The van der Waals surface area contributed by atoms with Crippen LogP contribution in [0.4, 0.5) is 0 Å². The number of hydrogen-bond donors (Lipinski definition) is 1. The van der Waals surface area contributed by atoms with Gasteiger partial charge in [-0.05, 0) is 81.1 Å². The molecule has 8 heteroatoms. The second kappa shape index (κ2) is 11.5. The van der Waals surface area contributed by atoms with Crippen molar-refractivity contribution in [2.75, 3.05) is 33.4 Å². The molecule has 1 aliphatic heterocycles. The molecule has 1 unspecified atom stereocenters. The van der Waals surface area contributed by atoms with E-state index in [-0.39, 0.29) is 6.61 Å². The number of benzene rings is 2. The highest BCUT2D eigenvalue weighted by Crippen LogP contribution is 2.31. The van der Waals surface area contributed by atoms with Crippen molar-refractivity contribution in [1.29, 1.82) is 0 Å². The molecule has 0 aliphatic carbocycles. The molecule has 1 fully saturated rings. The molecular formula is C28H36ClN3O4. The molecule has 194 valence electrons. The predicted octanol–water partition coefficient (Wildman–Crippen LogP) is 4.96. The molecule has 3 aromatic rings. The fraction of sp³-hybridized carbons (Fsp3) is 0.464. The van der Waals surface area contributed by atoms with Gasteiger partial charge in [-0.25, -0.2) is 4.98 Å². The van der Waals surface area contributed by atoms with Crippen molar-refractivity contribution in [1.82, 2.24) is 14.5 Å². The van der Waals surface area contributed by atoms with Crippen molar-refractivity contribution >= 4 is 11.6 Å². The molecule has 4 rings (SSSR count). The Bertz CT molecular complexity index is 1160. The minimum atomic E-state index is -0.904. The number of piperidine rings is 1. The Labute approximate surface area is 218 Å². The lowest BCUT2D eigenvalue weighted by molar-refractivity contribution is -0.0621. The topological polar surface area (TPSA) is 69.0 Å². The zero-order valence-corrected chi connectivity index (χ0v) is 22.3. The van der Waals surface area contributed by atoms with E-state index in [4.69, 9.17) is 25.8 Å². The minimum Gasteiger partial charge on any atom is -0.493 e. The van der Waals surface area contributed by atoms with Crippen LogP contribution in [0.2, 0.25) is 5.02 Å². The van der Waals surface area contributed by atoms with E-state index in [1.54, 1.807) is 13.3 Å². The summed E-state index contributed by atoms with van der Waals surface area (Å²) in [6.07, 6.45) is 5.35. The van der Waals surface area contributed by atoms with Gasteiger partial charge in [0.2, 0.25) is 0 Å². The Hall–Kier alpha value is -2.74. The summed E-state index contributed by atoms with van der Waals surface area (Å²) in [6, 6.07) is 9.88. The number of hydrogen-bond acceptors (Lipinski definition) is 6. The largest absolute Gasteiger partial charge is 0.493 e. The summed E-state index contributed by atoms with van der Waals surface area (Å²) in [4.78, 5) is 6.50. The molecule has 1 aromatic heterocycles. The molecule has 0 bridgehead atoms. The Balaban J connectivity index is 1.33. The van der Waals surface area contributed by atoms with Crippen molar-refractivity contribution in [2.24, 2.45) is 0 Å². The molecule has 2 heterocycles. The van der Waals surface area contributed by atoms with Gasteiger partial charge in [0.25, 0.3) is 0 Å². The van der Waals surface area contributed by atoms with E-state index in [9.17, 15) is 5.11 Å². The zero-order valence-electron chi connectivity index (χ0n) is 21.6. The van der Waals surface area contributed by atoms with Crippen LogP contribution in [0.25, 0.3) is 0 Å². The van der Waals surface area contributed by atoms with Crippen LogP contribution in [0.1, 0.15) is 35.4 Å². The number of nitrogens with zero attached hydrogens (tertiary/aromatic N) is 3. The number of imidazole rings is 1. The summed E-state index contributed by atoms with van der Waals surface area (Å²) in [5.41, 5.74) is 2.15. The molecule has 0 saturated carbocycles. The van der Waals surface area contributed by atoms with E-state index in [1.165, 1.54) is 0 Å². The second-order valence-corrected chi connectivity index (χ2v) is 10.1. The van der Waals surface area contributed by atoms with Gasteiger partial charge in [0, 0.05) is 30.5 Å². The number of aromatic nitrogens is 2. The number of β-amino-alcohol motifs (C(OH)–C–C–N with tert-alkyl or cyclic N) is 1. The maximum absolute atomic E-state index is 11.3. The number of halogens is 1. The van der Waals surface area contributed by atoms with Crippen molar-refractivity contribution < 1.29 is 19.3 Å². The van der Waals surface area contributed by atoms with Gasteiger partial charge in [0.05, 0.1) is 13.7 Å². The van der Waals surface area contributed by atoms with Gasteiger partial charge < -0.3 is 23.9 Å². The fourth-order valence-electron chi connectivity index (χ4n) is 4.75. The van der Waals surface area contributed by atoms with Crippen LogP contribution in [0.15, 0.2) is 42.7 Å². The standard InChI is InChI=1S/C28H36ClN3O4/c1-20-14-24(15-21(2)27(20)29)36-19-28(33)8-5-10-31(18-28)17-23-6-7-25(26(16-23)34-4)35-13-12-32-11-9-30-22(32)3/h6-7,9,11,14-16,33H,5,8,10,12-13,17-19H2,1-4H3. The highest BCUT2D eigenvalue weighted by molar-refractivity contribution is 6.32. The molecule has 1 aliphatic rings. The molecule has 2 aromatic carbocycles. The molecule has 0 radical (unpaired) electrons. The summed E-state index contributed by atoms with van der Waals surface area (Å²) in [7, 11) is 1.66. The zero-order chi connectivity index (χ0) is 25.7. The number of methoxy groups -OCH3 is 1. The maximum atomic E-state index is 11.3. The van der Waals surface area contributed by atoms with Gasteiger partial charge in [-0.2, -0.15) is 0 Å². The van der Waals surface area contributed by atoms with Crippen molar-refractivity contribution in [3.05, 3.63) is 70.3 Å². The van der Waals surface area contributed by atoms with Crippen LogP contribution in [0, 0.1) is 20.8 Å². The third-order valence-electron chi connectivity index (χ3n) is 6.70. The number of aliphatic hydroxyl groups is 1. The third-order valence-corrected chi connectivity index (χ3v) is 7.30. The maximum Gasteiger partial charge on any atom is 0.161 e. The number of likely N-dealkylation sites (tertiary alicyclic amines) is 1. The Morgan fingerprint density at radius 1 is 1.08 bits per heavy atom. The molecule has 7 nitrogen and oxygen atoms in total. The second-order valence-electron chi connectivity index (χ2n) is 9.70. The first-order valence-corrected chi connectivity index (χ1v) is 12.8. The number of rotatable bonds is 10. The molecule has 0 amide bonds. The number of ether oxygens (including phenoxy) is 3. The summed E-state index contributed by atoms with van der Waals surface area (Å²) < 4.78 is 19.6. The molecule has 1 saturated heterocycles. The van der Waals surface area contributed by atoms with Crippen molar-refractivity contribution in [3.63, 3.8) is 0 Å². The van der Waals surface area contributed by atoms with Gasteiger partial charge in [-0.3, -0.25) is 4.90 Å². The normalized spacial score (nSPS) is 18.3. The van der Waals surface area contributed by atoms with Crippen molar-refractivity contribution in [2.45, 2.75) is 52.3 Å². The summed E-state index contributed by atoms with van der Waals surface area (Å²) in [5, 5.41) is 12.0. The molecular weight excluding hydrogens is 478 g/mol. The van der Waals surface area contributed by atoms with E-state index < -0.39 is 5.60 Å². The Morgan fingerprint density at radius 2 is 1.86 bits per heavy atom. The first-order chi connectivity index (χ1) is 17.3. The smallest absolute Gasteiger partial charge is 0.161 e. The first kappa shape index (κ1) is 26.3. The average molecular weight is 514 g/mol. The fourth-order valence-corrected chi connectivity index (χ4v) is 4.86. The van der Waals surface area contributed by atoms with Crippen LogP contribution >= 0.6 is 11.6 Å². The van der Waals surface area contributed by atoms with Crippen LogP contribution < -0.4 is 14.2 Å². The quantitative estimate of drug-likeness (QED) is 0.413. The number of aryl methyl sites for hydroxylation is 3. The van der Waals surface area contributed by atoms with E-state index >= 15 is 0 Å². The lowest BCUT2D eigenvalue weighted by Gasteiger charge is -2.39. The third kappa shape index (κ3) is 6.52. The Kier molecular flexibility index (Phi) is 8.44. The Morgan fingerprint density at radius 3 is 2.56 bits per heavy atom. The van der Waals surface area contributed by atoms with Crippen LogP contribution in [-0.2, 0) is 13.1 Å². The predicted molar refractivity (Wildman–Crippen MR) is 141 cm³/mol. The van der Waals surface area contributed by atoms with Gasteiger partial charge in [0.15, 0.2) is 11.5 Å². The van der Waals surface area contributed by atoms with E-state index in [2.05, 4.69) is 20.5 Å². The summed E-state index contributed by atoms with van der Waals surface area (Å²) in [5.74, 6) is 3.13.